The molecular formula is C14H20N4O4S. The molecule has 0 amide bonds. The van der Waals surface area contributed by atoms with Gasteiger partial charge >= 0.3 is 0 Å². The summed E-state index contributed by atoms with van der Waals surface area (Å²) >= 11 is 0. The number of primary sulfonamides is 1. The first-order valence-corrected chi connectivity index (χ1v) is 8.57. The molecule has 8 nitrogen and oxygen atoms in total. The zero-order valence-electron chi connectivity index (χ0n) is 13.2. The van der Waals surface area contributed by atoms with Crippen molar-refractivity contribution in [1.82, 2.24) is 10.1 Å². The second kappa shape index (κ2) is 6.65. The van der Waals surface area contributed by atoms with E-state index in [1.807, 2.05) is 0 Å². The molecule has 0 saturated carbocycles. The number of methoxy groups -OCH3 is 1. The van der Waals surface area contributed by atoms with Crippen molar-refractivity contribution < 1.29 is 17.7 Å². The fourth-order valence-corrected chi connectivity index (χ4v) is 2.83. The summed E-state index contributed by atoms with van der Waals surface area (Å²) in [5.41, 5.74) is 6.54. The Balaban J connectivity index is 2.35. The van der Waals surface area contributed by atoms with Crippen molar-refractivity contribution in [3.05, 3.63) is 24.0 Å². The van der Waals surface area contributed by atoms with E-state index in [0.29, 0.717) is 17.3 Å². The lowest BCUT2D eigenvalue weighted by Crippen LogP contribution is -2.14. The highest BCUT2D eigenvalue weighted by Gasteiger charge is 2.20. The number of nitrogens with two attached hydrogens (primary N) is 2. The number of hydrogen-bond acceptors (Lipinski definition) is 7. The third kappa shape index (κ3) is 4.06. The molecule has 0 fully saturated rings. The van der Waals surface area contributed by atoms with Gasteiger partial charge in [-0.3, -0.25) is 0 Å². The van der Waals surface area contributed by atoms with Crippen LogP contribution in [0.1, 0.15) is 32.1 Å². The van der Waals surface area contributed by atoms with Gasteiger partial charge in [0.05, 0.1) is 13.2 Å². The second-order valence-electron chi connectivity index (χ2n) is 5.60. The number of hydrogen-bond donors (Lipinski definition) is 2. The molecule has 2 aromatic rings. The minimum Gasteiger partial charge on any atom is -0.495 e. The molecule has 1 unspecified atom stereocenters. The molecule has 0 saturated heterocycles. The summed E-state index contributed by atoms with van der Waals surface area (Å²) in [5, 5.41) is 9.01. The van der Waals surface area contributed by atoms with Gasteiger partial charge in [-0.05, 0) is 30.5 Å². The van der Waals surface area contributed by atoms with Crippen LogP contribution < -0.4 is 15.6 Å². The Morgan fingerprint density at radius 3 is 2.61 bits per heavy atom. The van der Waals surface area contributed by atoms with Crippen molar-refractivity contribution in [1.29, 1.82) is 0 Å². The Kier molecular flexibility index (Phi) is 5.03. The lowest BCUT2D eigenvalue weighted by atomic mass is 10.0. The molecule has 0 radical (unpaired) electrons. The highest BCUT2D eigenvalue weighted by atomic mass is 32.2. The number of rotatable bonds is 6. The van der Waals surface area contributed by atoms with Gasteiger partial charge in [0, 0.05) is 5.56 Å². The Labute approximate surface area is 134 Å². The van der Waals surface area contributed by atoms with Gasteiger partial charge in [0.15, 0.2) is 5.82 Å². The molecule has 1 aromatic heterocycles. The molecule has 1 aromatic carbocycles. The lowest BCUT2D eigenvalue weighted by Gasteiger charge is -2.09. The third-order valence-corrected chi connectivity index (χ3v) is 4.17. The van der Waals surface area contributed by atoms with Crippen LogP contribution in [0.4, 0.5) is 0 Å². The number of nitrogens with zero attached hydrogens (tertiary/aromatic N) is 2. The highest BCUT2D eigenvalue weighted by Crippen LogP contribution is 2.29. The average Bonchev–Trinajstić information content (AvgIpc) is 2.94. The minimum atomic E-state index is -3.88. The number of benzene rings is 1. The standard InChI is InChI=1S/C14H20N4O4S/c1-8(2)6-10(15)13-17-14(22-18-13)9-4-5-12(23(16,19)20)11(7-9)21-3/h4-5,7-8,10H,6,15H2,1-3H3,(H2,16,19,20). The average molecular weight is 340 g/mol. The maximum Gasteiger partial charge on any atom is 0.258 e. The van der Waals surface area contributed by atoms with Gasteiger partial charge in [0.25, 0.3) is 5.89 Å². The van der Waals surface area contributed by atoms with Crippen molar-refractivity contribution in [2.75, 3.05) is 7.11 Å². The van der Waals surface area contributed by atoms with Gasteiger partial charge in [-0.1, -0.05) is 19.0 Å². The first-order chi connectivity index (χ1) is 10.7. The highest BCUT2D eigenvalue weighted by molar-refractivity contribution is 7.89. The van der Waals surface area contributed by atoms with E-state index in [-0.39, 0.29) is 22.6 Å². The summed E-state index contributed by atoms with van der Waals surface area (Å²) in [6, 6.07) is 4.01. The van der Waals surface area contributed by atoms with Crippen molar-refractivity contribution >= 4 is 10.0 Å². The third-order valence-electron chi connectivity index (χ3n) is 3.22. The van der Waals surface area contributed by atoms with Crippen molar-refractivity contribution in [3.63, 3.8) is 0 Å². The number of sulfonamides is 1. The van der Waals surface area contributed by atoms with Crippen LogP contribution in [0.3, 0.4) is 0 Å². The molecule has 0 aliphatic heterocycles. The molecule has 0 aliphatic carbocycles. The monoisotopic (exact) mass is 340 g/mol. The summed E-state index contributed by atoms with van der Waals surface area (Å²) in [6.07, 6.45) is 0.729. The molecule has 0 bridgehead atoms. The molecular weight excluding hydrogens is 320 g/mol. The van der Waals surface area contributed by atoms with Crippen LogP contribution in [0, 0.1) is 5.92 Å². The van der Waals surface area contributed by atoms with Gasteiger partial charge in [0.1, 0.15) is 10.6 Å². The number of aromatic nitrogens is 2. The van der Waals surface area contributed by atoms with E-state index in [1.165, 1.54) is 25.3 Å². The molecule has 9 heteroatoms. The zero-order chi connectivity index (χ0) is 17.2. The molecule has 2 rings (SSSR count). The topological polar surface area (TPSA) is 134 Å². The molecule has 1 atom stereocenters. The van der Waals surface area contributed by atoms with Crippen LogP contribution in [-0.2, 0) is 10.0 Å². The smallest absolute Gasteiger partial charge is 0.258 e. The maximum absolute atomic E-state index is 11.5. The van der Waals surface area contributed by atoms with E-state index in [9.17, 15) is 8.42 Å². The summed E-state index contributed by atoms with van der Waals surface area (Å²) in [5.74, 6) is 1.15. The largest absolute Gasteiger partial charge is 0.495 e. The maximum atomic E-state index is 11.5. The van der Waals surface area contributed by atoms with Crippen LogP contribution in [0.5, 0.6) is 5.75 Å². The van der Waals surface area contributed by atoms with E-state index in [2.05, 4.69) is 24.0 Å². The molecule has 4 N–H and O–H groups in total. The van der Waals surface area contributed by atoms with E-state index in [0.717, 1.165) is 6.42 Å². The SMILES string of the molecule is COc1cc(-c2nc(C(N)CC(C)C)no2)ccc1S(N)(=O)=O. The first-order valence-electron chi connectivity index (χ1n) is 7.02. The van der Waals surface area contributed by atoms with E-state index < -0.39 is 10.0 Å². The second-order valence-corrected chi connectivity index (χ2v) is 7.13. The Bertz CT molecular complexity index is 786. The Morgan fingerprint density at radius 2 is 2.04 bits per heavy atom. The quantitative estimate of drug-likeness (QED) is 0.812. The van der Waals surface area contributed by atoms with Gasteiger partial charge in [-0.2, -0.15) is 4.98 Å². The predicted molar refractivity (Wildman–Crippen MR) is 84.0 cm³/mol. The van der Waals surface area contributed by atoms with Crippen LogP contribution in [-0.4, -0.2) is 25.7 Å². The molecule has 0 spiro atoms. The summed E-state index contributed by atoms with van der Waals surface area (Å²) in [4.78, 5) is 4.15. The van der Waals surface area contributed by atoms with Crippen LogP contribution >= 0.6 is 0 Å². The van der Waals surface area contributed by atoms with Crippen LogP contribution in [0.25, 0.3) is 11.5 Å². The van der Waals surface area contributed by atoms with Crippen LogP contribution in [0.15, 0.2) is 27.6 Å². The van der Waals surface area contributed by atoms with Crippen LogP contribution in [0.2, 0.25) is 0 Å². The van der Waals surface area contributed by atoms with Gasteiger partial charge < -0.3 is 15.0 Å². The van der Waals surface area contributed by atoms with E-state index in [1.54, 1.807) is 0 Å². The predicted octanol–water partition coefficient (Wildman–Crippen LogP) is 1.44. The Morgan fingerprint density at radius 1 is 1.35 bits per heavy atom. The molecule has 126 valence electrons. The van der Waals surface area contributed by atoms with Crippen molar-refractivity contribution in [2.45, 2.75) is 31.2 Å². The van der Waals surface area contributed by atoms with Gasteiger partial charge in [-0.25, -0.2) is 13.6 Å². The van der Waals surface area contributed by atoms with Crippen molar-refractivity contribution in [3.8, 4) is 17.2 Å². The summed E-state index contributed by atoms with van der Waals surface area (Å²) in [7, 11) is -2.53. The normalized spacial score (nSPS) is 13.3. The molecule has 1 heterocycles. The molecule has 0 aliphatic rings. The minimum absolute atomic E-state index is 0.108. The van der Waals surface area contributed by atoms with E-state index in [4.69, 9.17) is 20.1 Å². The van der Waals surface area contributed by atoms with Crippen molar-refractivity contribution in [2.24, 2.45) is 16.8 Å². The number of ether oxygens (including phenoxy) is 1. The molecule has 23 heavy (non-hydrogen) atoms. The van der Waals surface area contributed by atoms with Gasteiger partial charge in [-0.15, -0.1) is 0 Å². The fourth-order valence-electron chi connectivity index (χ4n) is 2.15. The summed E-state index contributed by atoms with van der Waals surface area (Å²) < 4.78 is 33.2. The van der Waals surface area contributed by atoms with E-state index >= 15 is 0 Å². The lowest BCUT2D eigenvalue weighted by molar-refractivity contribution is 0.399. The fraction of sp³-hybridized carbons (Fsp3) is 0.429. The first kappa shape index (κ1) is 17.4. The zero-order valence-corrected chi connectivity index (χ0v) is 14.0. The summed E-state index contributed by atoms with van der Waals surface area (Å²) in [6.45, 7) is 4.11. The Hall–Kier alpha value is -1.97. The van der Waals surface area contributed by atoms with Gasteiger partial charge in [0.2, 0.25) is 10.0 Å².